The normalized spacial score (nSPS) is 16.0. The highest BCUT2D eigenvalue weighted by Crippen LogP contribution is 2.19. The molecular formula is C15H23ClN4O. The molecule has 1 aromatic heterocycles. The minimum absolute atomic E-state index is 0.0732. The van der Waals surface area contributed by atoms with Crippen molar-refractivity contribution in [2.24, 2.45) is 0 Å². The number of aromatic nitrogens is 1. The summed E-state index contributed by atoms with van der Waals surface area (Å²) in [6.07, 6.45) is 1.01. The smallest absolute Gasteiger partial charge is 0.274 e. The van der Waals surface area contributed by atoms with Crippen molar-refractivity contribution >= 4 is 23.3 Å². The molecule has 1 fully saturated rings. The summed E-state index contributed by atoms with van der Waals surface area (Å²) < 4.78 is 0. The Labute approximate surface area is 131 Å². The van der Waals surface area contributed by atoms with Crippen molar-refractivity contribution in [1.29, 1.82) is 0 Å². The number of likely N-dealkylation sites (N-methyl/N-ethyl adjacent to an activating group) is 1. The fourth-order valence-corrected chi connectivity index (χ4v) is 2.55. The van der Waals surface area contributed by atoms with Crippen molar-refractivity contribution in [1.82, 2.24) is 14.8 Å². The lowest BCUT2D eigenvalue weighted by Crippen LogP contribution is -2.48. The third-order valence-corrected chi connectivity index (χ3v) is 4.02. The van der Waals surface area contributed by atoms with Crippen LogP contribution < -0.4 is 5.32 Å². The fourth-order valence-electron chi connectivity index (χ4n) is 2.36. The fraction of sp³-hybridized carbons (Fsp3) is 0.600. The molecule has 1 N–H and O–H groups in total. The first-order valence-corrected chi connectivity index (χ1v) is 7.95. The van der Waals surface area contributed by atoms with Gasteiger partial charge in [0, 0.05) is 32.7 Å². The minimum atomic E-state index is -0.0732. The summed E-state index contributed by atoms with van der Waals surface area (Å²) >= 11 is 6.15. The van der Waals surface area contributed by atoms with E-state index in [1.807, 2.05) is 11.0 Å². The average Bonchev–Trinajstić information content (AvgIpc) is 2.53. The van der Waals surface area contributed by atoms with Crippen LogP contribution in [0.1, 0.15) is 30.8 Å². The number of rotatable bonds is 5. The van der Waals surface area contributed by atoms with Gasteiger partial charge in [0.1, 0.15) is 11.5 Å². The number of piperazine rings is 1. The Hall–Kier alpha value is -1.33. The largest absolute Gasteiger partial charge is 0.370 e. The summed E-state index contributed by atoms with van der Waals surface area (Å²) in [5.41, 5.74) is 0.350. The summed E-state index contributed by atoms with van der Waals surface area (Å²) in [6.45, 7) is 9.37. The molecule has 0 atom stereocenters. The van der Waals surface area contributed by atoms with Crippen LogP contribution in [0.4, 0.5) is 5.82 Å². The molecule has 2 heterocycles. The van der Waals surface area contributed by atoms with E-state index in [-0.39, 0.29) is 5.91 Å². The number of anilines is 1. The molecule has 0 radical (unpaired) electrons. The molecule has 2 rings (SSSR count). The quantitative estimate of drug-likeness (QED) is 0.907. The molecular weight excluding hydrogens is 288 g/mol. The van der Waals surface area contributed by atoms with E-state index in [9.17, 15) is 4.79 Å². The van der Waals surface area contributed by atoms with E-state index in [0.717, 1.165) is 45.7 Å². The summed E-state index contributed by atoms with van der Waals surface area (Å²) in [6, 6.07) is 3.55. The van der Waals surface area contributed by atoms with Gasteiger partial charge < -0.3 is 15.1 Å². The molecule has 1 aliphatic heterocycles. The number of carbonyl (C=O) groups excluding carboxylic acids is 1. The van der Waals surface area contributed by atoms with Gasteiger partial charge in [0.25, 0.3) is 5.91 Å². The Kier molecular flexibility index (Phi) is 5.82. The lowest BCUT2D eigenvalue weighted by molar-refractivity contribution is 0.0638. The topological polar surface area (TPSA) is 48.5 Å². The molecule has 0 aromatic carbocycles. The monoisotopic (exact) mass is 310 g/mol. The van der Waals surface area contributed by atoms with Crippen molar-refractivity contribution < 1.29 is 4.79 Å². The molecule has 5 nitrogen and oxygen atoms in total. The third-order valence-electron chi connectivity index (χ3n) is 3.71. The molecule has 6 heteroatoms. The standard InChI is InChI=1S/C15H23ClN4O/c1-3-7-17-13-6-5-12(16)14(18-13)15(21)20-10-8-19(4-2)9-11-20/h5-6H,3-4,7-11H2,1-2H3,(H,17,18). The molecule has 0 unspecified atom stereocenters. The second-order valence-electron chi connectivity index (χ2n) is 5.18. The van der Waals surface area contributed by atoms with E-state index in [2.05, 4.69) is 29.0 Å². The second-order valence-corrected chi connectivity index (χ2v) is 5.59. The van der Waals surface area contributed by atoms with Crippen LogP contribution in [0.2, 0.25) is 5.02 Å². The van der Waals surface area contributed by atoms with Crippen molar-refractivity contribution in [3.63, 3.8) is 0 Å². The Morgan fingerprint density at radius 2 is 2.00 bits per heavy atom. The van der Waals surface area contributed by atoms with E-state index in [0.29, 0.717) is 16.5 Å². The zero-order valence-corrected chi connectivity index (χ0v) is 13.5. The highest BCUT2D eigenvalue weighted by molar-refractivity contribution is 6.33. The van der Waals surface area contributed by atoms with Gasteiger partial charge >= 0.3 is 0 Å². The van der Waals surface area contributed by atoms with Crippen LogP contribution in [0.25, 0.3) is 0 Å². The molecule has 0 saturated carbocycles. The molecule has 1 aliphatic rings. The maximum absolute atomic E-state index is 12.6. The van der Waals surface area contributed by atoms with Gasteiger partial charge in [-0.15, -0.1) is 0 Å². The first-order valence-electron chi connectivity index (χ1n) is 7.57. The van der Waals surface area contributed by atoms with E-state index in [1.54, 1.807) is 6.07 Å². The molecule has 1 saturated heterocycles. The summed E-state index contributed by atoms with van der Waals surface area (Å²) in [5.74, 6) is 0.632. The second kappa shape index (κ2) is 7.61. The number of pyridine rings is 1. The predicted molar refractivity (Wildman–Crippen MR) is 86.0 cm³/mol. The van der Waals surface area contributed by atoms with E-state index in [1.165, 1.54) is 0 Å². The number of amides is 1. The maximum Gasteiger partial charge on any atom is 0.274 e. The Bertz CT molecular complexity index is 487. The molecule has 0 aliphatic carbocycles. The molecule has 21 heavy (non-hydrogen) atoms. The van der Waals surface area contributed by atoms with Gasteiger partial charge in [-0.2, -0.15) is 0 Å². The van der Waals surface area contributed by atoms with E-state index >= 15 is 0 Å². The predicted octanol–water partition coefficient (Wildman–Crippen LogP) is 2.33. The van der Waals surface area contributed by atoms with Crippen molar-refractivity contribution in [3.05, 3.63) is 22.8 Å². The molecule has 0 spiro atoms. The lowest BCUT2D eigenvalue weighted by atomic mass is 10.2. The number of hydrogen-bond acceptors (Lipinski definition) is 4. The van der Waals surface area contributed by atoms with Crippen LogP contribution >= 0.6 is 11.6 Å². The van der Waals surface area contributed by atoms with Crippen LogP contribution in [0, 0.1) is 0 Å². The number of nitrogens with one attached hydrogen (secondary N) is 1. The number of hydrogen-bond donors (Lipinski definition) is 1. The van der Waals surface area contributed by atoms with Crippen LogP contribution in [-0.2, 0) is 0 Å². The SMILES string of the molecule is CCCNc1ccc(Cl)c(C(=O)N2CCN(CC)CC2)n1. The van der Waals surface area contributed by atoms with Gasteiger partial charge in [-0.25, -0.2) is 4.98 Å². The van der Waals surface area contributed by atoms with Crippen molar-refractivity contribution in [2.75, 3.05) is 44.6 Å². The maximum atomic E-state index is 12.6. The van der Waals surface area contributed by atoms with Gasteiger partial charge in [-0.1, -0.05) is 25.4 Å². The van der Waals surface area contributed by atoms with Gasteiger partial charge in [-0.05, 0) is 25.1 Å². The van der Waals surface area contributed by atoms with Crippen LogP contribution in [0.3, 0.4) is 0 Å². The van der Waals surface area contributed by atoms with E-state index < -0.39 is 0 Å². The average molecular weight is 311 g/mol. The zero-order valence-electron chi connectivity index (χ0n) is 12.7. The van der Waals surface area contributed by atoms with Crippen LogP contribution in [0.5, 0.6) is 0 Å². The van der Waals surface area contributed by atoms with Crippen LogP contribution in [0.15, 0.2) is 12.1 Å². The molecule has 1 amide bonds. The first-order chi connectivity index (χ1) is 10.2. The zero-order chi connectivity index (χ0) is 15.2. The molecule has 1 aromatic rings. The number of carbonyl (C=O) groups is 1. The lowest BCUT2D eigenvalue weighted by Gasteiger charge is -2.34. The third kappa shape index (κ3) is 4.08. The summed E-state index contributed by atoms with van der Waals surface area (Å²) in [4.78, 5) is 21.1. The summed E-state index contributed by atoms with van der Waals surface area (Å²) in [5, 5.41) is 3.60. The van der Waals surface area contributed by atoms with E-state index in [4.69, 9.17) is 11.6 Å². The number of halogens is 1. The Morgan fingerprint density at radius 1 is 1.29 bits per heavy atom. The highest BCUT2D eigenvalue weighted by atomic mass is 35.5. The van der Waals surface area contributed by atoms with Gasteiger partial charge in [0.15, 0.2) is 0 Å². The highest BCUT2D eigenvalue weighted by Gasteiger charge is 2.24. The van der Waals surface area contributed by atoms with Gasteiger partial charge in [-0.3, -0.25) is 4.79 Å². The van der Waals surface area contributed by atoms with Crippen LogP contribution in [-0.4, -0.2) is 60.0 Å². The Morgan fingerprint density at radius 3 is 2.62 bits per heavy atom. The van der Waals surface area contributed by atoms with Crippen molar-refractivity contribution in [2.45, 2.75) is 20.3 Å². The number of nitrogens with zero attached hydrogens (tertiary/aromatic N) is 3. The van der Waals surface area contributed by atoms with Gasteiger partial charge in [0.2, 0.25) is 0 Å². The minimum Gasteiger partial charge on any atom is -0.370 e. The summed E-state index contributed by atoms with van der Waals surface area (Å²) in [7, 11) is 0. The molecule has 116 valence electrons. The Balaban J connectivity index is 2.07. The van der Waals surface area contributed by atoms with Gasteiger partial charge in [0.05, 0.1) is 5.02 Å². The molecule has 0 bridgehead atoms. The van der Waals surface area contributed by atoms with Crippen molar-refractivity contribution in [3.8, 4) is 0 Å². The first kappa shape index (κ1) is 16.0.